The highest BCUT2D eigenvalue weighted by molar-refractivity contribution is 7.10. The Bertz CT molecular complexity index is 1110. The van der Waals surface area contributed by atoms with Gasteiger partial charge in [0.25, 0.3) is 11.8 Å². The number of ether oxygens (including phenoxy) is 2. The van der Waals surface area contributed by atoms with E-state index in [9.17, 15) is 9.59 Å². The van der Waals surface area contributed by atoms with Crippen molar-refractivity contribution >= 4 is 40.8 Å². The zero-order valence-corrected chi connectivity index (χ0v) is 20.0. The van der Waals surface area contributed by atoms with Crippen molar-refractivity contribution in [1.82, 2.24) is 10.6 Å². The standard InChI is InChI=1S/C25H25ClN2O4S/c1-31-22-12-9-18(15-23(22)32-2)24(29)28-21(16-20-6-4-14-33-20)25(30)27-13-3-5-17-7-10-19(26)11-8-17/h4,6-12,14-16H,3,5,13H2,1-2H3,(H,27,30)(H,28,29)/b21-16-. The molecule has 3 rings (SSSR count). The maximum absolute atomic E-state index is 12.9. The van der Waals surface area contributed by atoms with Gasteiger partial charge in [-0.2, -0.15) is 0 Å². The lowest BCUT2D eigenvalue weighted by molar-refractivity contribution is -0.117. The molecule has 0 fully saturated rings. The van der Waals surface area contributed by atoms with Crippen LogP contribution in [0.4, 0.5) is 0 Å². The maximum Gasteiger partial charge on any atom is 0.267 e. The Hall–Kier alpha value is -3.29. The minimum atomic E-state index is -0.421. The summed E-state index contributed by atoms with van der Waals surface area (Å²) < 4.78 is 10.5. The lowest BCUT2D eigenvalue weighted by Crippen LogP contribution is -2.35. The van der Waals surface area contributed by atoms with E-state index in [1.807, 2.05) is 41.8 Å². The van der Waals surface area contributed by atoms with Crippen LogP contribution in [0.2, 0.25) is 5.02 Å². The number of rotatable bonds is 10. The van der Waals surface area contributed by atoms with Crippen molar-refractivity contribution in [2.45, 2.75) is 12.8 Å². The Labute approximate surface area is 202 Å². The first-order valence-corrected chi connectivity index (χ1v) is 11.6. The Kier molecular flexibility index (Phi) is 8.92. The second kappa shape index (κ2) is 12.1. The molecule has 33 heavy (non-hydrogen) atoms. The van der Waals surface area contributed by atoms with Gasteiger partial charge in [-0.1, -0.05) is 29.8 Å². The number of halogens is 1. The van der Waals surface area contributed by atoms with Gasteiger partial charge in [0.2, 0.25) is 0 Å². The van der Waals surface area contributed by atoms with E-state index < -0.39 is 5.91 Å². The average Bonchev–Trinajstić information content (AvgIpc) is 3.35. The summed E-state index contributed by atoms with van der Waals surface area (Å²) in [4.78, 5) is 26.6. The van der Waals surface area contributed by atoms with E-state index in [-0.39, 0.29) is 11.6 Å². The number of thiophene rings is 1. The molecule has 0 saturated carbocycles. The predicted molar refractivity (Wildman–Crippen MR) is 132 cm³/mol. The average molecular weight is 485 g/mol. The van der Waals surface area contributed by atoms with Crippen molar-refractivity contribution < 1.29 is 19.1 Å². The van der Waals surface area contributed by atoms with Crippen LogP contribution in [0.5, 0.6) is 11.5 Å². The van der Waals surface area contributed by atoms with Crippen LogP contribution < -0.4 is 20.1 Å². The van der Waals surface area contributed by atoms with Crippen LogP contribution >= 0.6 is 22.9 Å². The summed E-state index contributed by atoms with van der Waals surface area (Å²) in [6.07, 6.45) is 3.22. The third kappa shape index (κ3) is 7.10. The van der Waals surface area contributed by atoms with E-state index in [1.165, 1.54) is 25.6 Å². The quantitative estimate of drug-likeness (QED) is 0.315. The van der Waals surface area contributed by atoms with E-state index in [0.29, 0.717) is 28.6 Å². The topological polar surface area (TPSA) is 76.7 Å². The highest BCUT2D eigenvalue weighted by Gasteiger charge is 2.16. The van der Waals surface area contributed by atoms with Crippen molar-refractivity contribution in [2.75, 3.05) is 20.8 Å². The Morgan fingerprint density at radius 3 is 2.45 bits per heavy atom. The van der Waals surface area contributed by atoms with Crippen LogP contribution in [-0.2, 0) is 11.2 Å². The van der Waals surface area contributed by atoms with E-state index in [2.05, 4.69) is 10.6 Å². The van der Waals surface area contributed by atoms with Gasteiger partial charge in [-0.3, -0.25) is 9.59 Å². The zero-order valence-electron chi connectivity index (χ0n) is 18.4. The monoisotopic (exact) mass is 484 g/mol. The molecule has 3 aromatic rings. The van der Waals surface area contributed by atoms with Crippen molar-refractivity contribution in [3.63, 3.8) is 0 Å². The molecule has 0 aliphatic heterocycles. The summed E-state index contributed by atoms with van der Waals surface area (Å²) in [7, 11) is 3.02. The van der Waals surface area contributed by atoms with E-state index in [1.54, 1.807) is 24.3 Å². The minimum absolute atomic E-state index is 0.170. The Morgan fingerprint density at radius 1 is 1.03 bits per heavy atom. The Morgan fingerprint density at radius 2 is 1.79 bits per heavy atom. The molecule has 1 aromatic heterocycles. The molecule has 2 amide bonds. The molecule has 0 unspecified atom stereocenters. The lowest BCUT2D eigenvalue weighted by Gasteiger charge is -2.12. The largest absolute Gasteiger partial charge is 0.493 e. The fourth-order valence-corrected chi connectivity index (χ4v) is 3.87. The predicted octanol–water partition coefficient (Wildman–Crippen LogP) is 4.94. The molecule has 1 heterocycles. The van der Waals surface area contributed by atoms with Gasteiger partial charge < -0.3 is 20.1 Å². The van der Waals surface area contributed by atoms with Gasteiger partial charge in [-0.25, -0.2) is 0 Å². The third-order valence-electron chi connectivity index (χ3n) is 4.81. The number of carbonyl (C=O) groups excluding carboxylic acids is 2. The normalized spacial score (nSPS) is 11.1. The number of benzene rings is 2. The first-order valence-electron chi connectivity index (χ1n) is 10.3. The fourth-order valence-electron chi connectivity index (χ4n) is 3.09. The van der Waals surface area contributed by atoms with Crippen LogP contribution in [0.15, 0.2) is 65.7 Å². The van der Waals surface area contributed by atoms with Crippen LogP contribution in [0, 0.1) is 0 Å². The molecular formula is C25H25ClN2O4S. The summed E-state index contributed by atoms with van der Waals surface area (Å²) in [6, 6.07) is 16.2. The number of nitrogens with one attached hydrogen (secondary N) is 2. The van der Waals surface area contributed by atoms with Crippen LogP contribution in [0.1, 0.15) is 27.2 Å². The lowest BCUT2D eigenvalue weighted by atomic mass is 10.1. The van der Waals surface area contributed by atoms with Crippen molar-refractivity contribution in [3.05, 3.63) is 86.7 Å². The molecule has 8 heteroatoms. The van der Waals surface area contributed by atoms with Crippen LogP contribution in [0.25, 0.3) is 6.08 Å². The highest BCUT2D eigenvalue weighted by atomic mass is 35.5. The van der Waals surface area contributed by atoms with Crippen molar-refractivity contribution in [1.29, 1.82) is 0 Å². The number of methoxy groups -OCH3 is 2. The SMILES string of the molecule is COc1ccc(C(=O)N/C(=C\c2cccs2)C(=O)NCCCc2ccc(Cl)cc2)cc1OC. The molecule has 0 aliphatic carbocycles. The second-order valence-electron chi connectivity index (χ2n) is 7.08. The summed E-state index contributed by atoms with van der Waals surface area (Å²) in [6.45, 7) is 0.468. The first kappa shape index (κ1) is 24.4. The molecule has 0 saturated heterocycles. The van der Waals surface area contributed by atoms with Gasteiger partial charge >= 0.3 is 0 Å². The molecule has 2 aromatic carbocycles. The van der Waals surface area contributed by atoms with Crippen LogP contribution in [-0.4, -0.2) is 32.6 Å². The molecule has 0 aliphatic rings. The van der Waals surface area contributed by atoms with E-state index >= 15 is 0 Å². The summed E-state index contributed by atoms with van der Waals surface area (Å²) in [5.74, 6) is 0.172. The summed E-state index contributed by atoms with van der Waals surface area (Å²) in [5.41, 5.74) is 1.66. The number of amides is 2. The molecule has 0 spiro atoms. The maximum atomic E-state index is 12.9. The fraction of sp³-hybridized carbons (Fsp3) is 0.200. The smallest absolute Gasteiger partial charge is 0.267 e. The van der Waals surface area contributed by atoms with E-state index in [4.69, 9.17) is 21.1 Å². The Balaban J connectivity index is 1.66. The molecule has 172 valence electrons. The van der Waals surface area contributed by atoms with Crippen LogP contribution in [0.3, 0.4) is 0 Å². The van der Waals surface area contributed by atoms with Gasteiger partial charge in [-0.15, -0.1) is 11.3 Å². The van der Waals surface area contributed by atoms with Crippen molar-refractivity contribution in [2.24, 2.45) is 0 Å². The number of carbonyl (C=O) groups is 2. The van der Waals surface area contributed by atoms with Gasteiger partial charge in [0.1, 0.15) is 5.70 Å². The number of hydrogen-bond acceptors (Lipinski definition) is 5. The van der Waals surface area contributed by atoms with E-state index in [0.717, 1.165) is 23.3 Å². The summed E-state index contributed by atoms with van der Waals surface area (Å²) in [5, 5.41) is 8.22. The minimum Gasteiger partial charge on any atom is -0.493 e. The first-order chi connectivity index (χ1) is 16.0. The second-order valence-corrected chi connectivity index (χ2v) is 8.50. The number of hydrogen-bond donors (Lipinski definition) is 2. The van der Waals surface area contributed by atoms with Crippen molar-refractivity contribution in [3.8, 4) is 11.5 Å². The molecule has 2 N–H and O–H groups in total. The molecular weight excluding hydrogens is 460 g/mol. The molecule has 6 nitrogen and oxygen atoms in total. The molecule has 0 atom stereocenters. The highest BCUT2D eigenvalue weighted by Crippen LogP contribution is 2.27. The zero-order chi connectivity index (χ0) is 23.6. The van der Waals surface area contributed by atoms with Gasteiger partial charge in [-0.05, 0) is 66.3 Å². The third-order valence-corrected chi connectivity index (χ3v) is 5.88. The van der Waals surface area contributed by atoms with Gasteiger partial charge in [0.15, 0.2) is 11.5 Å². The van der Waals surface area contributed by atoms with Gasteiger partial charge in [0.05, 0.1) is 14.2 Å². The number of aryl methyl sites for hydroxylation is 1. The summed E-state index contributed by atoms with van der Waals surface area (Å²) >= 11 is 7.39. The van der Waals surface area contributed by atoms with Gasteiger partial charge in [0, 0.05) is 22.0 Å². The molecule has 0 bridgehead atoms. The molecule has 0 radical (unpaired) electrons.